The number of allylic oxidation sites excluding steroid dienone is 3. The van der Waals surface area contributed by atoms with Crippen LogP contribution < -0.4 is 115 Å². The second-order valence-corrected chi connectivity index (χ2v) is 6.77. The second kappa shape index (κ2) is 28.9. The topological polar surface area (TPSA) is 202 Å². The first-order valence-electron chi connectivity index (χ1n) is 9.18. The average Bonchev–Trinajstić information content (AvgIpc) is 2.78. The molecule has 0 aromatic rings. The van der Waals surface area contributed by atoms with Crippen molar-refractivity contribution in [3.05, 3.63) is 24.4 Å². The van der Waals surface area contributed by atoms with Gasteiger partial charge in [0.2, 0.25) is 11.8 Å². The molecule has 2 amide bonds. The molecule has 0 bridgehead atoms. The number of hydrogen-bond donors (Lipinski definition) is 2. The van der Waals surface area contributed by atoms with Gasteiger partial charge in [-0.15, -0.1) is 0 Å². The van der Waals surface area contributed by atoms with Gasteiger partial charge in [0.05, 0.1) is 12.8 Å². The first-order chi connectivity index (χ1) is 15.3. The summed E-state index contributed by atoms with van der Waals surface area (Å²) in [6.45, 7) is 0.128. The summed E-state index contributed by atoms with van der Waals surface area (Å²) in [7, 11) is 1.77. The Morgan fingerprint density at radius 2 is 1.43 bits per heavy atom. The maximum Gasteiger partial charge on any atom is 1.00 e. The van der Waals surface area contributed by atoms with E-state index in [1.54, 1.807) is 36.4 Å². The Bertz CT molecular complexity index is 626. The van der Waals surface area contributed by atoms with E-state index in [1.807, 2.05) is 0 Å². The third-order valence-corrected chi connectivity index (χ3v) is 4.14. The summed E-state index contributed by atoms with van der Waals surface area (Å²) < 4.78 is 4.13. The largest absolute Gasteiger partial charge is 1.00 e. The van der Waals surface area contributed by atoms with Crippen LogP contribution in [0.15, 0.2) is 24.4 Å². The molecule has 0 saturated carbocycles. The zero-order chi connectivity index (χ0) is 24.2. The number of amides is 2. The molecule has 0 radical (unpaired) electrons. The number of nitrogens with zero attached hydrogens (tertiary/aromatic N) is 1. The fraction of sp³-hybridized carbons (Fsp3) is 0.529. The van der Waals surface area contributed by atoms with E-state index in [0.29, 0.717) is 12.3 Å². The molecular formula is C17H24N3Na3O11S. The minimum absolute atomic E-state index is 0. The van der Waals surface area contributed by atoms with Crippen LogP contribution in [0.25, 0.3) is 0 Å². The summed E-state index contributed by atoms with van der Waals surface area (Å²) >= 11 is 0.845. The quantitative estimate of drug-likeness (QED) is 0.0331. The predicted octanol–water partition coefficient (Wildman–Crippen LogP) is -12.5. The van der Waals surface area contributed by atoms with Crippen LogP contribution in [-0.4, -0.2) is 61.1 Å². The van der Waals surface area contributed by atoms with Gasteiger partial charge in [0.15, 0.2) is 0 Å². The standard InChI is InChI=1S/C17H27N3O11S.3Na/c1-20(11-12-32-31-30-27)10-4-2-3-5-13(16(23)18-8-6-14(21)28-25)17(24)19-9-7-15(22)29-26;;;/h2-4,10,13,25-27H,5-9,11-12H2,1H3,(H,18,23)(H,19,24);;;/q;3*+1/p-3. The average molecular weight is 547 g/mol. The summed E-state index contributed by atoms with van der Waals surface area (Å²) in [5.41, 5.74) is 0. The zero-order valence-corrected chi connectivity index (χ0v) is 27.0. The number of hydrogen-bond acceptors (Lipinski definition) is 13. The fourth-order valence-electron chi connectivity index (χ4n) is 2.04. The van der Waals surface area contributed by atoms with Crippen molar-refractivity contribution < 1.29 is 143 Å². The molecule has 0 aliphatic carbocycles. The van der Waals surface area contributed by atoms with Crippen LogP contribution in [0.1, 0.15) is 19.3 Å². The summed E-state index contributed by atoms with van der Waals surface area (Å²) in [5, 5.41) is 37.5. The van der Waals surface area contributed by atoms with Crippen molar-refractivity contribution in [2.45, 2.75) is 19.3 Å². The van der Waals surface area contributed by atoms with E-state index in [2.05, 4.69) is 29.8 Å². The van der Waals surface area contributed by atoms with Crippen molar-refractivity contribution in [2.75, 3.05) is 32.4 Å². The van der Waals surface area contributed by atoms with Gasteiger partial charge in [-0.3, -0.25) is 24.2 Å². The number of nitrogens with one attached hydrogen (secondary N) is 2. The Morgan fingerprint density at radius 3 is 1.89 bits per heavy atom. The molecule has 0 aromatic heterocycles. The van der Waals surface area contributed by atoms with Crippen molar-refractivity contribution in [1.29, 1.82) is 0 Å². The first-order valence-corrected chi connectivity index (χ1v) is 10.1. The molecule has 0 unspecified atom stereocenters. The van der Waals surface area contributed by atoms with Gasteiger partial charge in [0, 0.05) is 44.5 Å². The Kier molecular flexibility index (Phi) is 35.0. The van der Waals surface area contributed by atoms with Gasteiger partial charge in [-0.05, 0) is 18.7 Å². The normalized spacial score (nSPS) is 10.1. The van der Waals surface area contributed by atoms with E-state index in [9.17, 15) is 34.9 Å². The Balaban J connectivity index is -0.00000160. The van der Waals surface area contributed by atoms with Crippen molar-refractivity contribution in [3.8, 4) is 0 Å². The molecule has 14 nitrogen and oxygen atoms in total. The van der Waals surface area contributed by atoms with Crippen molar-refractivity contribution >= 4 is 35.8 Å². The van der Waals surface area contributed by atoms with Crippen LogP contribution >= 0.6 is 12.0 Å². The monoisotopic (exact) mass is 547 g/mol. The van der Waals surface area contributed by atoms with E-state index in [-0.39, 0.29) is 121 Å². The summed E-state index contributed by atoms with van der Waals surface area (Å²) in [6.07, 6.45) is 5.74. The molecule has 0 fully saturated rings. The molecule has 182 valence electrons. The van der Waals surface area contributed by atoms with Gasteiger partial charge in [-0.25, -0.2) is 0 Å². The van der Waals surface area contributed by atoms with Gasteiger partial charge in [0.1, 0.15) is 5.92 Å². The molecule has 0 aromatic carbocycles. The minimum atomic E-state index is -1.20. The molecule has 0 saturated heterocycles. The minimum Gasteiger partial charge on any atom is -0.691 e. The fourth-order valence-corrected chi connectivity index (χ4v) is 2.51. The first kappa shape index (κ1) is 42.4. The van der Waals surface area contributed by atoms with E-state index in [4.69, 9.17) is 0 Å². The van der Waals surface area contributed by atoms with E-state index in [0.717, 1.165) is 12.0 Å². The number of rotatable bonds is 17. The van der Waals surface area contributed by atoms with Crippen molar-refractivity contribution in [2.24, 2.45) is 5.92 Å². The molecule has 0 rings (SSSR count). The second-order valence-electron chi connectivity index (χ2n) is 5.99. The number of carbonyl (C=O) groups excluding carboxylic acids is 4. The van der Waals surface area contributed by atoms with Crippen LogP contribution in [0, 0.1) is 5.92 Å². The molecule has 0 heterocycles. The smallest absolute Gasteiger partial charge is 0.691 e. The van der Waals surface area contributed by atoms with Gasteiger partial charge in [-0.2, -0.15) is 4.33 Å². The summed E-state index contributed by atoms with van der Waals surface area (Å²) in [5.74, 6) is -4.30. The molecule has 18 heteroatoms. The summed E-state index contributed by atoms with van der Waals surface area (Å²) in [6, 6.07) is 0. The van der Waals surface area contributed by atoms with Gasteiger partial charge >= 0.3 is 101 Å². The predicted molar refractivity (Wildman–Crippen MR) is 101 cm³/mol. The van der Waals surface area contributed by atoms with Crippen LogP contribution in [0.2, 0.25) is 0 Å². The van der Waals surface area contributed by atoms with Crippen molar-refractivity contribution in [1.82, 2.24) is 15.5 Å². The third kappa shape index (κ3) is 24.4. The van der Waals surface area contributed by atoms with Crippen LogP contribution in [0.3, 0.4) is 0 Å². The van der Waals surface area contributed by atoms with Gasteiger partial charge < -0.3 is 41.1 Å². The maximum absolute atomic E-state index is 12.3. The van der Waals surface area contributed by atoms with E-state index in [1.165, 1.54) is 0 Å². The Hall–Kier alpha value is 0.310. The van der Waals surface area contributed by atoms with Crippen molar-refractivity contribution in [3.63, 3.8) is 0 Å². The van der Waals surface area contributed by atoms with E-state index < -0.39 is 29.7 Å². The molecule has 0 aliphatic heterocycles. The van der Waals surface area contributed by atoms with E-state index >= 15 is 0 Å². The molecule has 2 N–H and O–H groups in total. The third-order valence-electron chi connectivity index (χ3n) is 3.64. The van der Waals surface area contributed by atoms with Crippen LogP contribution in [0.4, 0.5) is 0 Å². The SMILES string of the molecule is CN(C=CC=CCC(C(=O)NCCC(=O)O[O-])C(=O)NCCC(=O)O[O-])CCSOO[O-].[Na+].[Na+].[Na+]. The zero-order valence-electron chi connectivity index (χ0n) is 20.2. The molecule has 0 atom stereocenters. The van der Waals surface area contributed by atoms with Crippen LogP contribution in [-0.2, 0) is 38.3 Å². The Labute approximate surface area is 273 Å². The molecule has 35 heavy (non-hydrogen) atoms. The van der Waals surface area contributed by atoms with Gasteiger partial charge in [0.25, 0.3) is 0 Å². The molecule has 0 spiro atoms. The van der Waals surface area contributed by atoms with Gasteiger partial charge in [-0.1, -0.05) is 12.2 Å². The molecular weight excluding hydrogens is 523 g/mol. The maximum atomic E-state index is 12.3. The number of carbonyl (C=O) groups is 4. The Morgan fingerprint density at radius 1 is 0.914 bits per heavy atom. The summed E-state index contributed by atoms with van der Waals surface area (Å²) in [4.78, 5) is 54.5. The van der Waals surface area contributed by atoms with Crippen LogP contribution in [0.5, 0.6) is 0 Å². The molecule has 0 aliphatic rings.